The van der Waals surface area contributed by atoms with Crippen molar-refractivity contribution in [2.75, 3.05) is 18.5 Å². The standard InChI is InChI=1S/C13H14N2O2S/c1-15(9-6-10-4-7-14-8-5-10)12-3-2-11(18-12)13(16)17/h2-5,7-8H,6,9H2,1H3,(H,16,17). The molecule has 0 aromatic carbocycles. The van der Waals surface area contributed by atoms with E-state index in [0.29, 0.717) is 4.88 Å². The molecule has 2 heterocycles. The van der Waals surface area contributed by atoms with Crippen molar-refractivity contribution in [2.24, 2.45) is 0 Å². The number of hydrogen-bond acceptors (Lipinski definition) is 4. The lowest BCUT2D eigenvalue weighted by Crippen LogP contribution is -2.19. The van der Waals surface area contributed by atoms with E-state index in [1.54, 1.807) is 18.5 Å². The van der Waals surface area contributed by atoms with Gasteiger partial charge in [0, 0.05) is 26.0 Å². The molecule has 2 aromatic heterocycles. The van der Waals surface area contributed by atoms with Gasteiger partial charge in [-0.1, -0.05) is 0 Å². The number of rotatable bonds is 5. The highest BCUT2D eigenvalue weighted by molar-refractivity contribution is 7.17. The zero-order chi connectivity index (χ0) is 13.0. The lowest BCUT2D eigenvalue weighted by molar-refractivity contribution is 0.0702. The van der Waals surface area contributed by atoms with E-state index >= 15 is 0 Å². The number of pyridine rings is 1. The number of carboxylic acid groups (broad SMARTS) is 1. The van der Waals surface area contributed by atoms with Crippen molar-refractivity contribution in [3.05, 3.63) is 47.1 Å². The highest BCUT2D eigenvalue weighted by Crippen LogP contribution is 2.25. The van der Waals surface area contributed by atoms with E-state index in [-0.39, 0.29) is 0 Å². The Morgan fingerprint density at radius 3 is 2.67 bits per heavy atom. The first-order valence-corrected chi connectivity index (χ1v) is 6.41. The average molecular weight is 262 g/mol. The molecule has 0 bridgehead atoms. The van der Waals surface area contributed by atoms with Gasteiger partial charge in [-0.2, -0.15) is 0 Å². The van der Waals surface area contributed by atoms with Gasteiger partial charge in [-0.15, -0.1) is 11.3 Å². The first kappa shape index (κ1) is 12.6. The van der Waals surface area contributed by atoms with Gasteiger partial charge < -0.3 is 10.0 Å². The Morgan fingerprint density at radius 1 is 1.33 bits per heavy atom. The minimum atomic E-state index is -0.867. The Morgan fingerprint density at radius 2 is 2.06 bits per heavy atom. The summed E-state index contributed by atoms with van der Waals surface area (Å²) < 4.78 is 0. The molecular formula is C13H14N2O2S. The molecule has 1 N–H and O–H groups in total. The summed E-state index contributed by atoms with van der Waals surface area (Å²) in [5.41, 5.74) is 1.23. The Bertz CT molecular complexity index is 525. The summed E-state index contributed by atoms with van der Waals surface area (Å²) in [4.78, 5) is 17.2. The largest absolute Gasteiger partial charge is 0.477 e. The van der Waals surface area contributed by atoms with Crippen molar-refractivity contribution in [1.29, 1.82) is 0 Å². The lowest BCUT2D eigenvalue weighted by atomic mass is 10.2. The van der Waals surface area contributed by atoms with Crippen molar-refractivity contribution >= 4 is 22.3 Å². The molecule has 0 aliphatic heterocycles. The van der Waals surface area contributed by atoms with Crippen molar-refractivity contribution in [1.82, 2.24) is 4.98 Å². The van der Waals surface area contributed by atoms with Crippen LogP contribution in [0.4, 0.5) is 5.00 Å². The van der Waals surface area contributed by atoms with Gasteiger partial charge >= 0.3 is 5.97 Å². The normalized spacial score (nSPS) is 10.3. The molecular weight excluding hydrogens is 248 g/mol. The maximum Gasteiger partial charge on any atom is 0.345 e. The summed E-state index contributed by atoms with van der Waals surface area (Å²) in [6, 6.07) is 7.47. The van der Waals surface area contributed by atoms with E-state index in [1.807, 2.05) is 25.2 Å². The van der Waals surface area contributed by atoms with Crippen LogP contribution in [-0.4, -0.2) is 29.7 Å². The maximum atomic E-state index is 10.8. The SMILES string of the molecule is CN(CCc1ccncc1)c1ccc(C(=O)O)s1. The molecule has 0 amide bonds. The highest BCUT2D eigenvalue weighted by atomic mass is 32.1. The molecule has 0 unspecified atom stereocenters. The third-order valence-electron chi connectivity index (χ3n) is 2.66. The smallest absolute Gasteiger partial charge is 0.345 e. The number of thiophene rings is 1. The van der Waals surface area contributed by atoms with Crippen LogP contribution in [0.3, 0.4) is 0 Å². The number of likely N-dealkylation sites (N-methyl/N-ethyl adjacent to an activating group) is 1. The van der Waals surface area contributed by atoms with E-state index in [9.17, 15) is 4.79 Å². The number of aromatic nitrogens is 1. The number of hydrogen-bond donors (Lipinski definition) is 1. The van der Waals surface area contributed by atoms with Gasteiger partial charge in [-0.25, -0.2) is 4.79 Å². The van der Waals surface area contributed by atoms with Gasteiger partial charge in [0.2, 0.25) is 0 Å². The molecule has 5 heteroatoms. The van der Waals surface area contributed by atoms with Crippen LogP contribution in [0.5, 0.6) is 0 Å². The molecule has 94 valence electrons. The van der Waals surface area contributed by atoms with Crippen LogP contribution in [0, 0.1) is 0 Å². The number of anilines is 1. The molecule has 0 atom stereocenters. The monoisotopic (exact) mass is 262 g/mol. The summed E-state index contributed by atoms with van der Waals surface area (Å²) in [6.07, 6.45) is 4.48. The third-order valence-corrected chi connectivity index (χ3v) is 3.85. The van der Waals surface area contributed by atoms with Gasteiger partial charge in [0.05, 0.1) is 5.00 Å². The molecule has 0 saturated carbocycles. The minimum Gasteiger partial charge on any atom is -0.477 e. The van der Waals surface area contributed by atoms with Gasteiger partial charge in [0.1, 0.15) is 4.88 Å². The Labute approximate surface area is 110 Å². The molecule has 2 rings (SSSR count). The van der Waals surface area contributed by atoms with E-state index in [1.165, 1.54) is 16.9 Å². The summed E-state index contributed by atoms with van der Waals surface area (Å²) in [6.45, 7) is 0.851. The van der Waals surface area contributed by atoms with E-state index < -0.39 is 5.97 Å². The molecule has 18 heavy (non-hydrogen) atoms. The third kappa shape index (κ3) is 3.07. The first-order chi connectivity index (χ1) is 8.66. The Balaban J connectivity index is 1.95. The van der Waals surface area contributed by atoms with E-state index in [0.717, 1.165) is 18.0 Å². The van der Waals surface area contributed by atoms with Crippen LogP contribution in [0.1, 0.15) is 15.2 Å². The molecule has 0 radical (unpaired) electrons. The second kappa shape index (κ2) is 5.64. The van der Waals surface area contributed by atoms with Gasteiger partial charge in [0.15, 0.2) is 0 Å². The topological polar surface area (TPSA) is 53.4 Å². The van der Waals surface area contributed by atoms with Crippen LogP contribution in [0.15, 0.2) is 36.7 Å². The van der Waals surface area contributed by atoms with Crippen LogP contribution >= 0.6 is 11.3 Å². The zero-order valence-corrected chi connectivity index (χ0v) is 10.9. The van der Waals surface area contributed by atoms with Crippen molar-refractivity contribution < 1.29 is 9.90 Å². The summed E-state index contributed by atoms with van der Waals surface area (Å²) in [5.74, 6) is -0.867. The van der Waals surface area contributed by atoms with Gasteiger partial charge in [-0.05, 0) is 36.2 Å². The molecule has 0 spiro atoms. The van der Waals surface area contributed by atoms with Crippen LogP contribution in [-0.2, 0) is 6.42 Å². The molecule has 0 aliphatic rings. The second-order valence-corrected chi connectivity index (χ2v) is 5.03. The fourth-order valence-corrected chi connectivity index (χ4v) is 2.44. The molecule has 0 saturated heterocycles. The molecule has 4 nitrogen and oxygen atoms in total. The second-order valence-electron chi connectivity index (χ2n) is 3.97. The molecule has 2 aromatic rings. The quantitative estimate of drug-likeness (QED) is 0.899. The van der Waals surface area contributed by atoms with E-state index in [4.69, 9.17) is 5.11 Å². The highest BCUT2D eigenvalue weighted by Gasteiger charge is 2.09. The van der Waals surface area contributed by atoms with Crippen molar-refractivity contribution in [3.8, 4) is 0 Å². The Kier molecular flexibility index (Phi) is 3.94. The van der Waals surface area contributed by atoms with Crippen molar-refractivity contribution in [3.63, 3.8) is 0 Å². The molecule has 0 fully saturated rings. The predicted octanol–water partition coefficient (Wildman–Crippen LogP) is 2.52. The lowest BCUT2D eigenvalue weighted by Gasteiger charge is -2.16. The maximum absolute atomic E-state index is 10.8. The minimum absolute atomic E-state index is 0.376. The number of carbonyl (C=O) groups is 1. The van der Waals surface area contributed by atoms with Gasteiger partial charge in [0.25, 0.3) is 0 Å². The summed E-state index contributed by atoms with van der Waals surface area (Å²) in [7, 11) is 1.97. The number of nitrogens with zero attached hydrogens (tertiary/aromatic N) is 2. The number of aromatic carboxylic acids is 1. The zero-order valence-electron chi connectivity index (χ0n) is 10.0. The summed E-state index contributed by atoms with van der Waals surface area (Å²) >= 11 is 1.30. The van der Waals surface area contributed by atoms with E-state index in [2.05, 4.69) is 9.88 Å². The fraction of sp³-hybridized carbons (Fsp3) is 0.231. The predicted molar refractivity (Wildman–Crippen MR) is 72.5 cm³/mol. The van der Waals surface area contributed by atoms with Crippen LogP contribution < -0.4 is 4.90 Å². The molecule has 0 aliphatic carbocycles. The average Bonchev–Trinajstić information content (AvgIpc) is 2.87. The Hall–Kier alpha value is -1.88. The van der Waals surface area contributed by atoms with Crippen LogP contribution in [0.2, 0.25) is 0 Å². The van der Waals surface area contributed by atoms with Crippen LogP contribution in [0.25, 0.3) is 0 Å². The fourth-order valence-electron chi connectivity index (χ4n) is 1.60. The summed E-state index contributed by atoms with van der Waals surface area (Å²) in [5, 5.41) is 9.85. The first-order valence-electron chi connectivity index (χ1n) is 5.60. The van der Waals surface area contributed by atoms with Gasteiger partial charge in [-0.3, -0.25) is 4.98 Å². The number of carboxylic acids is 1. The van der Waals surface area contributed by atoms with Crippen molar-refractivity contribution in [2.45, 2.75) is 6.42 Å².